The molecular formula is C24H22N4O2. The van der Waals surface area contributed by atoms with Gasteiger partial charge in [-0.05, 0) is 36.2 Å². The summed E-state index contributed by atoms with van der Waals surface area (Å²) in [4.78, 5) is 17.1. The van der Waals surface area contributed by atoms with Crippen LogP contribution in [-0.2, 0) is 13.0 Å². The van der Waals surface area contributed by atoms with Crippen molar-refractivity contribution >= 4 is 17.3 Å². The molecule has 1 amide bonds. The fourth-order valence-electron chi connectivity index (χ4n) is 3.06. The van der Waals surface area contributed by atoms with Crippen LogP contribution in [0, 0.1) is 0 Å². The quantitative estimate of drug-likeness (QED) is 0.449. The highest BCUT2D eigenvalue weighted by molar-refractivity contribution is 6.08. The second kappa shape index (κ2) is 9.05. The third-order valence-electron chi connectivity index (χ3n) is 4.72. The van der Waals surface area contributed by atoms with Crippen molar-refractivity contribution in [2.75, 3.05) is 10.6 Å². The Labute approximate surface area is 175 Å². The van der Waals surface area contributed by atoms with Crippen molar-refractivity contribution in [1.29, 1.82) is 0 Å². The van der Waals surface area contributed by atoms with Crippen LogP contribution in [0.2, 0.25) is 0 Å². The molecule has 0 radical (unpaired) electrons. The van der Waals surface area contributed by atoms with Crippen molar-refractivity contribution < 1.29 is 9.32 Å². The van der Waals surface area contributed by atoms with E-state index in [-0.39, 0.29) is 5.91 Å². The lowest BCUT2D eigenvalue weighted by molar-refractivity contribution is 0.102. The second-order valence-corrected chi connectivity index (χ2v) is 6.78. The summed E-state index contributed by atoms with van der Waals surface area (Å²) in [6.07, 6.45) is 0.985. The number of nitrogens with one attached hydrogen (secondary N) is 2. The minimum absolute atomic E-state index is 0.188. The smallest absolute Gasteiger partial charge is 0.257 e. The van der Waals surface area contributed by atoms with Gasteiger partial charge in [-0.2, -0.15) is 4.98 Å². The average Bonchev–Trinajstić information content (AvgIpc) is 3.28. The van der Waals surface area contributed by atoms with Crippen molar-refractivity contribution in [3.05, 3.63) is 95.9 Å². The van der Waals surface area contributed by atoms with Gasteiger partial charge in [-0.15, -0.1) is 0 Å². The first kappa shape index (κ1) is 19.4. The van der Waals surface area contributed by atoms with Gasteiger partial charge < -0.3 is 15.2 Å². The highest BCUT2D eigenvalue weighted by Crippen LogP contribution is 2.20. The molecule has 4 rings (SSSR count). The summed E-state index contributed by atoms with van der Waals surface area (Å²) in [5.41, 5.74) is 4.14. The normalized spacial score (nSPS) is 10.6. The van der Waals surface area contributed by atoms with Crippen LogP contribution >= 0.6 is 0 Å². The Hall–Kier alpha value is -3.93. The highest BCUT2D eigenvalue weighted by Gasteiger charge is 2.13. The van der Waals surface area contributed by atoms with Crippen LogP contribution in [0.5, 0.6) is 0 Å². The van der Waals surface area contributed by atoms with Crippen LogP contribution < -0.4 is 10.6 Å². The standard InChI is InChI=1S/C24H22N4O2/c1-2-17-12-14-18(15-13-17)23-27-22(30-28-23)16-25-21-11-7-6-10-20(21)24(29)26-19-8-4-3-5-9-19/h3-15,25H,2,16H2,1H3,(H,26,29). The van der Waals surface area contributed by atoms with E-state index in [1.165, 1.54) is 5.56 Å². The maximum atomic E-state index is 12.7. The van der Waals surface area contributed by atoms with Gasteiger partial charge in [0.15, 0.2) is 0 Å². The molecule has 0 unspecified atom stereocenters. The van der Waals surface area contributed by atoms with E-state index < -0.39 is 0 Å². The van der Waals surface area contributed by atoms with Crippen molar-refractivity contribution in [3.63, 3.8) is 0 Å². The molecule has 6 heteroatoms. The largest absolute Gasteiger partial charge is 0.375 e. The number of carbonyl (C=O) groups excluding carboxylic acids is 1. The molecule has 2 N–H and O–H groups in total. The zero-order valence-corrected chi connectivity index (χ0v) is 16.6. The van der Waals surface area contributed by atoms with Crippen molar-refractivity contribution in [1.82, 2.24) is 10.1 Å². The minimum Gasteiger partial charge on any atom is -0.375 e. The van der Waals surface area contributed by atoms with Crippen molar-refractivity contribution in [3.8, 4) is 11.4 Å². The van der Waals surface area contributed by atoms with E-state index in [2.05, 4.69) is 39.8 Å². The van der Waals surface area contributed by atoms with Crippen LogP contribution in [0.4, 0.5) is 11.4 Å². The number of nitrogens with zero attached hydrogens (tertiary/aromatic N) is 2. The van der Waals surface area contributed by atoms with E-state index in [0.717, 1.165) is 17.7 Å². The zero-order chi connectivity index (χ0) is 20.8. The Balaban J connectivity index is 1.44. The molecule has 0 atom stereocenters. The Morgan fingerprint density at radius 3 is 2.43 bits per heavy atom. The second-order valence-electron chi connectivity index (χ2n) is 6.78. The number of hydrogen-bond donors (Lipinski definition) is 2. The molecule has 1 aromatic heterocycles. The lowest BCUT2D eigenvalue weighted by Gasteiger charge is -2.11. The number of carbonyl (C=O) groups is 1. The van der Waals surface area contributed by atoms with Crippen LogP contribution in [0.15, 0.2) is 83.4 Å². The third kappa shape index (κ3) is 4.55. The van der Waals surface area contributed by atoms with Gasteiger partial charge in [-0.1, -0.05) is 66.7 Å². The molecule has 0 fully saturated rings. The maximum absolute atomic E-state index is 12.7. The summed E-state index contributed by atoms with van der Waals surface area (Å²) >= 11 is 0. The topological polar surface area (TPSA) is 80.0 Å². The van der Waals surface area contributed by atoms with Gasteiger partial charge >= 0.3 is 0 Å². The summed E-state index contributed by atoms with van der Waals surface area (Å²) in [7, 11) is 0. The summed E-state index contributed by atoms with van der Waals surface area (Å²) in [5, 5.41) is 10.2. The van der Waals surface area contributed by atoms with E-state index >= 15 is 0 Å². The summed E-state index contributed by atoms with van der Waals surface area (Å²) in [5.74, 6) is 0.805. The summed E-state index contributed by atoms with van der Waals surface area (Å²) < 4.78 is 5.37. The van der Waals surface area contributed by atoms with Crippen molar-refractivity contribution in [2.45, 2.75) is 19.9 Å². The molecule has 3 aromatic carbocycles. The molecular weight excluding hydrogens is 376 g/mol. The lowest BCUT2D eigenvalue weighted by Crippen LogP contribution is -2.14. The SMILES string of the molecule is CCc1ccc(-c2noc(CNc3ccccc3C(=O)Nc3ccccc3)n2)cc1. The first-order valence-electron chi connectivity index (χ1n) is 9.84. The molecule has 4 aromatic rings. The molecule has 6 nitrogen and oxygen atoms in total. The summed E-state index contributed by atoms with van der Waals surface area (Å²) in [6.45, 7) is 2.43. The lowest BCUT2D eigenvalue weighted by atomic mass is 10.1. The van der Waals surface area contributed by atoms with Gasteiger partial charge in [0.05, 0.1) is 12.1 Å². The monoisotopic (exact) mass is 398 g/mol. The van der Waals surface area contributed by atoms with Gasteiger partial charge in [-0.3, -0.25) is 4.79 Å². The van der Waals surface area contributed by atoms with Gasteiger partial charge in [0.2, 0.25) is 11.7 Å². The van der Waals surface area contributed by atoms with E-state index in [9.17, 15) is 4.79 Å². The molecule has 150 valence electrons. The number of para-hydroxylation sites is 2. The van der Waals surface area contributed by atoms with Crippen LogP contribution in [0.3, 0.4) is 0 Å². The van der Waals surface area contributed by atoms with Gasteiger partial charge in [0.1, 0.15) is 0 Å². The summed E-state index contributed by atoms with van der Waals surface area (Å²) in [6, 6.07) is 24.8. The molecule has 0 saturated carbocycles. The Kier molecular flexibility index (Phi) is 5.85. The number of benzene rings is 3. The Morgan fingerprint density at radius 2 is 1.67 bits per heavy atom. The molecule has 0 aliphatic rings. The minimum atomic E-state index is -0.188. The number of amides is 1. The van der Waals surface area contributed by atoms with E-state index in [0.29, 0.717) is 29.5 Å². The van der Waals surface area contributed by atoms with E-state index in [1.807, 2.05) is 60.7 Å². The predicted octanol–water partition coefficient (Wildman–Crippen LogP) is 5.16. The van der Waals surface area contributed by atoms with Crippen LogP contribution in [0.25, 0.3) is 11.4 Å². The van der Waals surface area contributed by atoms with Gasteiger partial charge in [-0.25, -0.2) is 0 Å². The third-order valence-corrected chi connectivity index (χ3v) is 4.72. The molecule has 0 spiro atoms. The first-order chi connectivity index (χ1) is 14.7. The molecule has 0 aliphatic carbocycles. The molecule has 30 heavy (non-hydrogen) atoms. The van der Waals surface area contributed by atoms with Crippen LogP contribution in [0.1, 0.15) is 28.7 Å². The molecule has 0 saturated heterocycles. The Bertz CT molecular complexity index is 1120. The van der Waals surface area contributed by atoms with Crippen molar-refractivity contribution in [2.24, 2.45) is 0 Å². The molecule has 1 heterocycles. The van der Waals surface area contributed by atoms with E-state index in [1.54, 1.807) is 6.07 Å². The molecule has 0 aliphatic heterocycles. The fraction of sp³-hybridized carbons (Fsp3) is 0.125. The fourth-order valence-corrected chi connectivity index (χ4v) is 3.06. The van der Waals surface area contributed by atoms with E-state index in [4.69, 9.17) is 4.52 Å². The number of aromatic nitrogens is 2. The number of rotatable bonds is 7. The molecule has 0 bridgehead atoms. The van der Waals surface area contributed by atoms with Gasteiger partial charge in [0.25, 0.3) is 5.91 Å². The highest BCUT2D eigenvalue weighted by atomic mass is 16.5. The van der Waals surface area contributed by atoms with Crippen LogP contribution in [-0.4, -0.2) is 16.0 Å². The number of anilines is 2. The predicted molar refractivity (Wildman–Crippen MR) is 117 cm³/mol. The number of aryl methyl sites for hydroxylation is 1. The average molecular weight is 398 g/mol. The maximum Gasteiger partial charge on any atom is 0.257 e. The zero-order valence-electron chi connectivity index (χ0n) is 16.6. The number of hydrogen-bond acceptors (Lipinski definition) is 5. The first-order valence-corrected chi connectivity index (χ1v) is 9.84. The Morgan fingerprint density at radius 1 is 0.933 bits per heavy atom. The van der Waals surface area contributed by atoms with Gasteiger partial charge in [0, 0.05) is 16.9 Å².